The van der Waals surface area contributed by atoms with Crippen molar-refractivity contribution in [3.8, 4) is 0 Å². The normalized spacial score (nSPS) is 23.7. The molecule has 0 radical (unpaired) electrons. The number of rotatable bonds is 7. The van der Waals surface area contributed by atoms with E-state index in [2.05, 4.69) is 41.4 Å². The van der Waals surface area contributed by atoms with Gasteiger partial charge in [-0.05, 0) is 27.7 Å². The van der Waals surface area contributed by atoms with Crippen molar-refractivity contribution in [3.05, 3.63) is 16.1 Å². The van der Waals surface area contributed by atoms with Crippen molar-refractivity contribution in [1.82, 2.24) is 15.2 Å². The molecule has 1 aromatic rings. The number of hydrogen-bond acceptors (Lipinski definition) is 6. The van der Waals surface area contributed by atoms with Crippen LogP contribution in [0.15, 0.2) is 5.38 Å². The molecule has 1 saturated heterocycles. The molecule has 0 aromatic carbocycles. The van der Waals surface area contributed by atoms with E-state index in [1.807, 2.05) is 6.92 Å². The Balaban J connectivity index is 1.63. The maximum Gasteiger partial charge on any atom is 0.230 e. The summed E-state index contributed by atoms with van der Waals surface area (Å²) in [7, 11) is 0. The third kappa shape index (κ3) is 6.41. The summed E-state index contributed by atoms with van der Waals surface area (Å²) in [5.41, 5.74) is 1.06. The number of morpholine rings is 1. The van der Waals surface area contributed by atoms with Crippen LogP contribution in [-0.2, 0) is 15.3 Å². The molecule has 1 aromatic heterocycles. The van der Waals surface area contributed by atoms with Crippen molar-refractivity contribution < 1.29 is 9.53 Å². The van der Waals surface area contributed by atoms with E-state index in [9.17, 15) is 4.79 Å². The molecule has 7 heteroatoms. The topological polar surface area (TPSA) is 54.5 Å². The number of aromatic nitrogens is 1. The number of aryl methyl sites for hydroxylation is 1. The van der Waals surface area contributed by atoms with Crippen LogP contribution in [0.4, 0.5) is 0 Å². The first-order valence-corrected chi connectivity index (χ1v) is 10.1. The molecular formula is C16H27N3O2S2. The van der Waals surface area contributed by atoms with Gasteiger partial charge < -0.3 is 10.1 Å². The van der Waals surface area contributed by atoms with Crippen LogP contribution >= 0.6 is 23.1 Å². The van der Waals surface area contributed by atoms with E-state index in [0.717, 1.165) is 29.5 Å². The van der Waals surface area contributed by atoms with Gasteiger partial charge in [0.2, 0.25) is 5.91 Å². The molecule has 0 saturated carbocycles. The average molecular weight is 358 g/mol. The predicted molar refractivity (Wildman–Crippen MR) is 97.1 cm³/mol. The van der Waals surface area contributed by atoms with Crippen LogP contribution in [0.25, 0.3) is 0 Å². The second kappa shape index (κ2) is 9.01. The lowest BCUT2D eigenvalue weighted by Gasteiger charge is -2.39. The Morgan fingerprint density at radius 1 is 1.52 bits per heavy atom. The number of thiazole rings is 1. The maximum absolute atomic E-state index is 12.0. The Hall–Kier alpha value is -0.630. The fourth-order valence-corrected chi connectivity index (χ4v) is 4.21. The van der Waals surface area contributed by atoms with E-state index in [4.69, 9.17) is 4.74 Å². The molecule has 2 heterocycles. The van der Waals surface area contributed by atoms with Crippen LogP contribution in [-0.4, -0.2) is 59.4 Å². The van der Waals surface area contributed by atoms with E-state index >= 15 is 0 Å². The minimum Gasteiger partial charge on any atom is -0.373 e. The van der Waals surface area contributed by atoms with Gasteiger partial charge in [-0.15, -0.1) is 23.1 Å². The number of amides is 1. The lowest BCUT2D eigenvalue weighted by molar-refractivity contribution is -0.119. The second-order valence-electron chi connectivity index (χ2n) is 6.21. The molecule has 5 nitrogen and oxygen atoms in total. The van der Waals surface area contributed by atoms with Gasteiger partial charge in [-0.2, -0.15) is 0 Å². The van der Waals surface area contributed by atoms with Crippen molar-refractivity contribution in [2.75, 3.05) is 25.4 Å². The summed E-state index contributed by atoms with van der Waals surface area (Å²) < 4.78 is 5.75. The highest BCUT2D eigenvalue weighted by Gasteiger charge is 2.25. The molecule has 1 aliphatic heterocycles. The highest BCUT2D eigenvalue weighted by atomic mass is 32.2. The monoisotopic (exact) mass is 357 g/mol. The van der Waals surface area contributed by atoms with Gasteiger partial charge in [0.1, 0.15) is 0 Å². The molecule has 1 aliphatic rings. The molecule has 1 amide bonds. The standard InChI is InChI=1S/C16H27N3O2S2/c1-11(19-6-12(2)21-13(3)7-19)5-17-16(20)10-22-8-15-9-23-14(4)18-15/h9,11-13H,5-8,10H2,1-4H3,(H,17,20)/t11-,12+,13+/m0/s1. The fraction of sp³-hybridized carbons (Fsp3) is 0.750. The number of thioether (sulfide) groups is 1. The van der Waals surface area contributed by atoms with Crippen LogP contribution in [0.2, 0.25) is 0 Å². The molecule has 0 spiro atoms. The summed E-state index contributed by atoms with van der Waals surface area (Å²) in [6.45, 7) is 10.9. The molecule has 130 valence electrons. The largest absolute Gasteiger partial charge is 0.373 e. The number of nitrogens with zero attached hydrogens (tertiary/aromatic N) is 2. The zero-order chi connectivity index (χ0) is 16.8. The van der Waals surface area contributed by atoms with Crippen LogP contribution in [0.3, 0.4) is 0 Å². The van der Waals surface area contributed by atoms with Crippen LogP contribution in [0.5, 0.6) is 0 Å². The molecule has 23 heavy (non-hydrogen) atoms. The van der Waals surface area contributed by atoms with Crippen molar-refractivity contribution in [2.24, 2.45) is 0 Å². The first-order valence-electron chi connectivity index (χ1n) is 8.09. The van der Waals surface area contributed by atoms with E-state index in [0.29, 0.717) is 18.3 Å². The first-order chi connectivity index (χ1) is 10.9. The van der Waals surface area contributed by atoms with Gasteiger partial charge in [-0.25, -0.2) is 4.98 Å². The highest BCUT2D eigenvalue weighted by Crippen LogP contribution is 2.15. The SMILES string of the molecule is Cc1nc(CSCC(=O)NC[C@H](C)N2C[C@@H](C)O[C@H](C)C2)cs1. The van der Waals surface area contributed by atoms with Gasteiger partial charge >= 0.3 is 0 Å². The molecule has 3 atom stereocenters. The summed E-state index contributed by atoms with van der Waals surface area (Å²) in [4.78, 5) is 18.8. The van der Waals surface area contributed by atoms with E-state index < -0.39 is 0 Å². The van der Waals surface area contributed by atoms with Crippen molar-refractivity contribution >= 4 is 29.0 Å². The molecule has 2 rings (SSSR count). The minimum absolute atomic E-state index is 0.100. The summed E-state index contributed by atoms with van der Waals surface area (Å²) >= 11 is 3.27. The van der Waals surface area contributed by atoms with Gasteiger partial charge in [-0.1, -0.05) is 0 Å². The Labute approximate surface area is 147 Å². The molecule has 1 N–H and O–H groups in total. The number of ether oxygens (including phenoxy) is 1. The number of hydrogen-bond donors (Lipinski definition) is 1. The van der Waals surface area contributed by atoms with Gasteiger partial charge in [0.25, 0.3) is 0 Å². The Bertz CT molecular complexity index is 499. The lowest BCUT2D eigenvalue weighted by atomic mass is 10.2. The molecule has 0 bridgehead atoms. The van der Waals surface area contributed by atoms with E-state index in [-0.39, 0.29) is 18.1 Å². The lowest BCUT2D eigenvalue weighted by Crippen LogP contribution is -2.52. The molecular weight excluding hydrogens is 330 g/mol. The van der Waals surface area contributed by atoms with Crippen LogP contribution in [0, 0.1) is 6.92 Å². The molecule has 0 unspecified atom stereocenters. The third-order valence-corrected chi connectivity index (χ3v) is 5.60. The van der Waals surface area contributed by atoms with E-state index in [1.54, 1.807) is 23.1 Å². The summed E-state index contributed by atoms with van der Waals surface area (Å²) in [5, 5.41) is 6.18. The van der Waals surface area contributed by atoms with Gasteiger partial charge in [-0.3, -0.25) is 9.69 Å². The molecule has 1 fully saturated rings. The first kappa shape index (κ1) is 18.7. The predicted octanol–water partition coefficient (Wildman–Crippen LogP) is 2.30. The maximum atomic E-state index is 12.0. The quantitative estimate of drug-likeness (QED) is 0.811. The fourth-order valence-electron chi connectivity index (χ4n) is 2.74. The van der Waals surface area contributed by atoms with Gasteiger partial charge in [0.05, 0.1) is 28.7 Å². The zero-order valence-corrected chi connectivity index (χ0v) is 16.0. The number of carbonyl (C=O) groups is 1. The smallest absolute Gasteiger partial charge is 0.230 e. The van der Waals surface area contributed by atoms with Crippen LogP contribution < -0.4 is 5.32 Å². The minimum atomic E-state index is 0.100. The summed E-state index contributed by atoms with van der Waals surface area (Å²) in [5.74, 6) is 1.38. The summed E-state index contributed by atoms with van der Waals surface area (Å²) in [6.07, 6.45) is 0.517. The second-order valence-corrected chi connectivity index (χ2v) is 8.26. The average Bonchev–Trinajstić information content (AvgIpc) is 2.89. The van der Waals surface area contributed by atoms with Gasteiger partial charge in [0, 0.05) is 36.8 Å². The number of carbonyl (C=O) groups excluding carboxylic acids is 1. The van der Waals surface area contributed by atoms with Gasteiger partial charge in [0.15, 0.2) is 0 Å². The van der Waals surface area contributed by atoms with E-state index in [1.165, 1.54) is 0 Å². The zero-order valence-electron chi connectivity index (χ0n) is 14.4. The van der Waals surface area contributed by atoms with Crippen molar-refractivity contribution in [3.63, 3.8) is 0 Å². The highest BCUT2D eigenvalue weighted by molar-refractivity contribution is 7.99. The summed E-state index contributed by atoms with van der Waals surface area (Å²) in [6, 6.07) is 0.332. The van der Waals surface area contributed by atoms with Crippen LogP contribution in [0.1, 0.15) is 31.5 Å². The van der Waals surface area contributed by atoms with Crippen molar-refractivity contribution in [1.29, 1.82) is 0 Å². The Morgan fingerprint density at radius 3 is 2.83 bits per heavy atom. The number of nitrogens with one attached hydrogen (secondary N) is 1. The Kier molecular flexibility index (Phi) is 7.33. The van der Waals surface area contributed by atoms with Crippen molar-refractivity contribution in [2.45, 2.75) is 51.7 Å². The Morgan fingerprint density at radius 2 is 2.22 bits per heavy atom. The molecule has 0 aliphatic carbocycles. The third-order valence-electron chi connectivity index (χ3n) is 3.82.